The van der Waals surface area contributed by atoms with Crippen molar-refractivity contribution in [2.24, 2.45) is 0 Å². The molecule has 124 valence electrons. The molecule has 1 heterocycles. The normalized spacial score (nSPS) is 11.5. The van der Waals surface area contributed by atoms with Crippen LogP contribution < -0.4 is 5.32 Å². The number of hydrogen-bond acceptors (Lipinski definition) is 5. The molecule has 0 aliphatic heterocycles. The highest BCUT2D eigenvalue weighted by molar-refractivity contribution is 5.55. The van der Waals surface area contributed by atoms with Crippen molar-refractivity contribution in [3.8, 4) is 0 Å². The third-order valence-corrected chi connectivity index (χ3v) is 3.19. The fraction of sp³-hybridized carbons (Fsp3) is 0.385. The van der Waals surface area contributed by atoms with Crippen molar-refractivity contribution in [1.29, 1.82) is 0 Å². The fourth-order valence-electron chi connectivity index (χ4n) is 2.09. The Bertz CT molecular complexity index is 699. The highest BCUT2D eigenvalue weighted by Gasteiger charge is 2.38. The average Bonchev–Trinajstić information content (AvgIpc) is 2.93. The predicted octanol–water partition coefficient (Wildman–Crippen LogP) is 2.88. The number of nitrogens with zero attached hydrogens (tertiary/aromatic N) is 4. The van der Waals surface area contributed by atoms with Crippen molar-refractivity contribution in [3.63, 3.8) is 0 Å². The van der Waals surface area contributed by atoms with E-state index in [1.54, 1.807) is 4.57 Å². The Kier molecular flexibility index (Phi) is 4.82. The first-order valence-electron chi connectivity index (χ1n) is 6.79. The van der Waals surface area contributed by atoms with Gasteiger partial charge in [0.15, 0.2) is 0 Å². The third-order valence-electron chi connectivity index (χ3n) is 3.19. The van der Waals surface area contributed by atoms with Crippen molar-refractivity contribution in [3.05, 3.63) is 46.0 Å². The molecule has 0 atom stereocenters. The monoisotopic (exact) mass is 329 g/mol. The van der Waals surface area contributed by atoms with Crippen LogP contribution in [-0.2, 0) is 19.1 Å². The zero-order valence-electron chi connectivity index (χ0n) is 12.2. The Hall–Kier alpha value is -2.65. The summed E-state index contributed by atoms with van der Waals surface area (Å²) >= 11 is 0. The second kappa shape index (κ2) is 6.63. The summed E-state index contributed by atoms with van der Waals surface area (Å²) in [6.45, 7) is 2.72. The van der Waals surface area contributed by atoms with Gasteiger partial charge in [0.25, 0.3) is 5.69 Å². The molecule has 0 fully saturated rings. The molecule has 0 unspecified atom stereocenters. The van der Waals surface area contributed by atoms with Gasteiger partial charge in [0.05, 0.1) is 4.92 Å². The summed E-state index contributed by atoms with van der Waals surface area (Å²) in [6.07, 6.45) is -2.56. The minimum Gasteiger partial charge on any atom is -0.383 e. The number of nitro groups is 1. The first kappa shape index (κ1) is 16.7. The molecule has 23 heavy (non-hydrogen) atoms. The van der Waals surface area contributed by atoms with Crippen LogP contribution in [0.25, 0.3) is 0 Å². The Morgan fingerprint density at radius 3 is 2.74 bits per heavy atom. The van der Waals surface area contributed by atoms with Gasteiger partial charge in [-0.15, -0.1) is 10.2 Å². The number of nitro benzene ring substituents is 1. The summed E-state index contributed by atoms with van der Waals surface area (Å²) in [5.41, 5.74) is -2.07. The van der Waals surface area contributed by atoms with Crippen LogP contribution in [-0.4, -0.2) is 26.2 Å². The second-order valence-corrected chi connectivity index (χ2v) is 4.71. The SMILES string of the molecule is CCc1nncn1CCNc1ccc([N+](=O)[O-])c(C(F)(F)F)c1. The molecule has 0 aliphatic carbocycles. The lowest BCUT2D eigenvalue weighted by atomic mass is 10.1. The quantitative estimate of drug-likeness (QED) is 0.650. The van der Waals surface area contributed by atoms with Gasteiger partial charge in [-0.3, -0.25) is 10.1 Å². The van der Waals surface area contributed by atoms with Crippen LogP contribution in [0.3, 0.4) is 0 Å². The molecule has 0 aliphatic rings. The lowest BCUT2D eigenvalue weighted by Crippen LogP contribution is -2.14. The van der Waals surface area contributed by atoms with Crippen LogP contribution in [0.5, 0.6) is 0 Å². The van der Waals surface area contributed by atoms with Crippen molar-refractivity contribution >= 4 is 11.4 Å². The zero-order valence-corrected chi connectivity index (χ0v) is 12.2. The second-order valence-electron chi connectivity index (χ2n) is 4.71. The summed E-state index contributed by atoms with van der Waals surface area (Å²) in [5, 5.41) is 21.2. The highest BCUT2D eigenvalue weighted by atomic mass is 19.4. The average molecular weight is 329 g/mol. The lowest BCUT2D eigenvalue weighted by Gasteiger charge is -2.12. The topological polar surface area (TPSA) is 85.9 Å². The Morgan fingerprint density at radius 1 is 1.39 bits per heavy atom. The van der Waals surface area contributed by atoms with Gasteiger partial charge in [0.2, 0.25) is 0 Å². The van der Waals surface area contributed by atoms with Crippen LogP contribution in [0.2, 0.25) is 0 Å². The number of rotatable bonds is 6. The maximum Gasteiger partial charge on any atom is 0.423 e. The number of benzene rings is 1. The van der Waals surface area contributed by atoms with Gasteiger partial charge in [-0.05, 0) is 12.1 Å². The molecular formula is C13H14F3N5O2. The molecule has 1 aromatic heterocycles. The van der Waals surface area contributed by atoms with E-state index in [2.05, 4.69) is 15.5 Å². The maximum absolute atomic E-state index is 12.9. The predicted molar refractivity (Wildman–Crippen MR) is 76.0 cm³/mol. The van der Waals surface area contributed by atoms with Gasteiger partial charge in [-0.25, -0.2) is 0 Å². The molecule has 0 bridgehead atoms. The van der Waals surface area contributed by atoms with E-state index in [1.165, 1.54) is 12.4 Å². The van der Waals surface area contributed by atoms with Gasteiger partial charge in [0.1, 0.15) is 17.7 Å². The molecule has 1 N–H and O–H groups in total. The van der Waals surface area contributed by atoms with Crippen molar-refractivity contribution in [2.75, 3.05) is 11.9 Å². The van der Waals surface area contributed by atoms with E-state index >= 15 is 0 Å². The molecule has 10 heteroatoms. The van der Waals surface area contributed by atoms with Crippen LogP contribution >= 0.6 is 0 Å². The molecule has 7 nitrogen and oxygen atoms in total. The molecule has 1 aromatic carbocycles. The minimum atomic E-state index is -4.79. The molecular weight excluding hydrogens is 315 g/mol. The Balaban J connectivity index is 2.10. The highest BCUT2D eigenvalue weighted by Crippen LogP contribution is 2.37. The van der Waals surface area contributed by atoms with Crippen molar-refractivity contribution in [2.45, 2.75) is 26.1 Å². The largest absolute Gasteiger partial charge is 0.423 e. The number of hydrogen-bond donors (Lipinski definition) is 1. The lowest BCUT2D eigenvalue weighted by molar-refractivity contribution is -0.388. The Morgan fingerprint density at radius 2 is 2.13 bits per heavy atom. The van der Waals surface area contributed by atoms with Gasteiger partial charge >= 0.3 is 6.18 Å². The van der Waals surface area contributed by atoms with Crippen LogP contribution in [0.1, 0.15) is 18.3 Å². The van der Waals surface area contributed by atoms with Crippen molar-refractivity contribution in [1.82, 2.24) is 14.8 Å². The summed E-state index contributed by atoms with van der Waals surface area (Å²) in [5.74, 6) is 0.770. The summed E-state index contributed by atoms with van der Waals surface area (Å²) in [7, 11) is 0. The third kappa shape index (κ3) is 3.96. The molecule has 2 aromatic rings. The molecule has 0 radical (unpaired) electrons. The number of aromatic nitrogens is 3. The van der Waals surface area contributed by atoms with Crippen LogP contribution in [0.4, 0.5) is 24.5 Å². The summed E-state index contributed by atoms with van der Waals surface area (Å²) in [4.78, 5) is 9.64. The zero-order chi connectivity index (χ0) is 17.0. The van der Waals surface area contributed by atoms with Crippen molar-refractivity contribution < 1.29 is 18.1 Å². The summed E-state index contributed by atoms with van der Waals surface area (Å²) in [6, 6.07) is 2.84. The minimum absolute atomic E-state index is 0.161. The van der Waals surface area contributed by atoms with E-state index in [9.17, 15) is 23.3 Å². The van der Waals surface area contributed by atoms with E-state index in [4.69, 9.17) is 0 Å². The smallest absolute Gasteiger partial charge is 0.383 e. The Labute approximate surface area is 129 Å². The molecule has 2 rings (SSSR count). The van der Waals surface area contributed by atoms with E-state index < -0.39 is 22.4 Å². The van der Waals surface area contributed by atoms with Crippen LogP contribution in [0.15, 0.2) is 24.5 Å². The van der Waals surface area contributed by atoms with E-state index in [-0.39, 0.29) is 5.69 Å². The molecule has 0 amide bonds. The molecule has 0 saturated heterocycles. The fourth-order valence-corrected chi connectivity index (χ4v) is 2.09. The van der Waals surface area contributed by atoms with E-state index in [1.807, 2.05) is 6.92 Å². The molecule has 0 spiro atoms. The van der Waals surface area contributed by atoms with Crippen LogP contribution in [0, 0.1) is 10.1 Å². The first-order chi connectivity index (χ1) is 10.8. The van der Waals surface area contributed by atoms with Gasteiger partial charge in [0, 0.05) is 31.3 Å². The number of alkyl halides is 3. The standard InChI is InChI=1S/C13H14F3N5O2/c1-2-12-19-18-8-20(12)6-5-17-9-3-4-11(21(22)23)10(7-9)13(14,15)16/h3-4,7-8,17H,2,5-6H2,1H3. The van der Waals surface area contributed by atoms with Gasteiger partial charge in [-0.2, -0.15) is 13.2 Å². The van der Waals surface area contributed by atoms with E-state index in [0.717, 1.165) is 18.0 Å². The number of nitrogens with one attached hydrogen (secondary N) is 1. The number of halogens is 3. The van der Waals surface area contributed by atoms with Gasteiger partial charge in [-0.1, -0.05) is 6.92 Å². The van der Waals surface area contributed by atoms with E-state index in [0.29, 0.717) is 19.5 Å². The number of aryl methyl sites for hydroxylation is 1. The molecule has 0 saturated carbocycles. The first-order valence-corrected chi connectivity index (χ1v) is 6.79. The summed E-state index contributed by atoms with van der Waals surface area (Å²) < 4.78 is 40.4. The maximum atomic E-state index is 12.9. The van der Waals surface area contributed by atoms with Gasteiger partial charge < -0.3 is 9.88 Å². The number of anilines is 1.